The summed E-state index contributed by atoms with van der Waals surface area (Å²) in [7, 11) is 0. The molecule has 8 nitrogen and oxygen atoms in total. The van der Waals surface area contributed by atoms with E-state index in [0.717, 1.165) is 0 Å². The summed E-state index contributed by atoms with van der Waals surface area (Å²) >= 11 is 0. The van der Waals surface area contributed by atoms with Gasteiger partial charge in [-0.1, -0.05) is 13.8 Å². The molecule has 0 bridgehead atoms. The molecule has 2 rings (SSSR count). The fourth-order valence-corrected chi connectivity index (χ4v) is 1.88. The van der Waals surface area contributed by atoms with Crippen LogP contribution in [0.25, 0.3) is 0 Å². The van der Waals surface area contributed by atoms with Crippen LogP contribution >= 0.6 is 0 Å². The van der Waals surface area contributed by atoms with Crippen LogP contribution in [0, 0.1) is 16.0 Å². The normalized spacial score (nSPS) is 10.5. The van der Waals surface area contributed by atoms with Gasteiger partial charge in [0.05, 0.1) is 29.1 Å². The fourth-order valence-electron chi connectivity index (χ4n) is 1.88. The summed E-state index contributed by atoms with van der Waals surface area (Å²) < 4.78 is 5.43. The number of ether oxygens (including phenoxy) is 1. The molecule has 1 aromatic heterocycles. The number of carbonyl (C=O) groups is 1. The van der Waals surface area contributed by atoms with Crippen molar-refractivity contribution in [1.82, 2.24) is 4.98 Å². The summed E-state index contributed by atoms with van der Waals surface area (Å²) in [4.78, 5) is 26.8. The molecule has 0 saturated carbocycles. The molecular formula is C16H18N4O4. The van der Waals surface area contributed by atoms with Crippen LogP contribution in [0.5, 0.6) is 5.75 Å². The zero-order valence-corrected chi connectivity index (χ0v) is 13.4. The van der Waals surface area contributed by atoms with Crippen molar-refractivity contribution in [1.29, 1.82) is 0 Å². The Bertz CT molecular complexity index is 761. The van der Waals surface area contributed by atoms with Crippen molar-refractivity contribution in [3.05, 3.63) is 52.3 Å². The van der Waals surface area contributed by atoms with E-state index in [9.17, 15) is 14.9 Å². The third-order valence-electron chi connectivity index (χ3n) is 3.09. The minimum Gasteiger partial charge on any atom is -0.487 e. The molecule has 24 heavy (non-hydrogen) atoms. The third kappa shape index (κ3) is 4.19. The van der Waals surface area contributed by atoms with Crippen LogP contribution in [0.3, 0.4) is 0 Å². The number of rotatable bonds is 6. The van der Waals surface area contributed by atoms with E-state index in [0.29, 0.717) is 18.0 Å². The Labute approximate surface area is 138 Å². The molecule has 0 radical (unpaired) electrons. The molecule has 0 aliphatic carbocycles. The van der Waals surface area contributed by atoms with Gasteiger partial charge in [-0.15, -0.1) is 0 Å². The van der Waals surface area contributed by atoms with E-state index in [-0.39, 0.29) is 22.9 Å². The molecule has 0 unspecified atom stereocenters. The zero-order valence-electron chi connectivity index (χ0n) is 13.4. The van der Waals surface area contributed by atoms with Crippen molar-refractivity contribution in [2.24, 2.45) is 5.92 Å². The Balaban J connectivity index is 2.24. The lowest BCUT2D eigenvalue weighted by Crippen LogP contribution is -2.14. The number of nitro benzene ring substituents is 1. The van der Waals surface area contributed by atoms with Crippen LogP contribution in [-0.4, -0.2) is 22.4 Å². The average molecular weight is 330 g/mol. The first-order valence-electron chi connectivity index (χ1n) is 7.30. The van der Waals surface area contributed by atoms with Gasteiger partial charge in [0.1, 0.15) is 0 Å². The average Bonchev–Trinajstić information content (AvgIpc) is 2.54. The number of carbonyl (C=O) groups excluding carboxylic acids is 1. The summed E-state index contributed by atoms with van der Waals surface area (Å²) in [5, 5.41) is 13.8. The van der Waals surface area contributed by atoms with Gasteiger partial charge >= 0.3 is 5.69 Å². The second-order valence-electron chi connectivity index (χ2n) is 5.56. The Morgan fingerprint density at radius 3 is 2.79 bits per heavy atom. The van der Waals surface area contributed by atoms with Gasteiger partial charge in [0.2, 0.25) is 0 Å². The minimum atomic E-state index is -0.578. The Morgan fingerprint density at radius 1 is 1.42 bits per heavy atom. The highest BCUT2D eigenvalue weighted by molar-refractivity contribution is 6.06. The SMILES string of the molecule is CC(C)COc1ccc(C(=O)Nc2cnccc2N)cc1[N+](=O)[O-]. The maximum absolute atomic E-state index is 12.3. The molecule has 126 valence electrons. The van der Waals surface area contributed by atoms with Gasteiger partial charge in [-0.2, -0.15) is 0 Å². The zero-order chi connectivity index (χ0) is 17.7. The van der Waals surface area contributed by atoms with Crippen LogP contribution in [0.15, 0.2) is 36.7 Å². The van der Waals surface area contributed by atoms with Gasteiger partial charge in [-0.05, 0) is 24.1 Å². The Kier molecular flexibility index (Phi) is 5.31. The predicted octanol–water partition coefficient (Wildman–Crippen LogP) is 2.86. The van der Waals surface area contributed by atoms with E-state index < -0.39 is 10.8 Å². The molecule has 1 amide bonds. The lowest BCUT2D eigenvalue weighted by molar-refractivity contribution is -0.385. The van der Waals surface area contributed by atoms with Gasteiger partial charge in [-0.25, -0.2) is 0 Å². The molecular weight excluding hydrogens is 312 g/mol. The van der Waals surface area contributed by atoms with Crippen molar-refractivity contribution >= 4 is 23.0 Å². The quantitative estimate of drug-likeness (QED) is 0.620. The third-order valence-corrected chi connectivity index (χ3v) is 3.09. The molecule has 3 N–H and O–H groups in total. The number of nitrogen functional groups attached to an aromatic ring is 1. The molecule has 0 aliphatic rings. The summed E-state index contributed by atoms with van der Waals surface area (Å²) in [5.41, 5.74) is 6.29. The second-order valence-corrected chi connectivity index (χ2v) is 5.56. The molecule has 1 aromatic carbocycles. The largest absolute Gasteiger partial charge is 0.487 e. The first-order chi connectivity index (χ1) is 11.4. The summed E-state index contributed by atoms with van der Waals surface area (Å²) in [6.45, 7) is 4.22. The number of hydrogen-bond acceptors (Lipinski definition) is 6. The maximum atomic E-state index is 12.3. The monoisotopic (exact) mass is 330 g/mol. The van der Waals surface area contributed by atoms with Gasteiger partial charge in [0.15, 0.2) is 5.75 Å². The highest BCUT2D eigenvalue weighted by Gasteiger charge is 2.19. The molecule has 0 spiro atoms. The van der Waals surface area contributed by atoms with Crippen LogP contribution < -0.4 is 15.8 Å². The van der Waals surface area contributed by atoms with E-state index in [1.165, 1.54) is 30.6 Å². The number of nitrogens with two attached hydrogens (primary N) is 1. The second kappa shape index (κ2) is 7.40. The van der Waals surface area contributed by atoms with Crippen molar-refractivity contribution < 1.29 is 14.5 Å². The smallest absolute Gasteiger partial charge is 0.311 e. The molecule has 0 atom stereocenters. The number of nitro groups is 1. The van der Waals surface area contributed by atoms with Crippen molar-refractivity contribution in [2.75, 3.05) is 17.7 Å². The fraction of sp³-hybridized carbons (Fsp3) is 0.250. The molecule has 8 heteroatoms. The lowest BCUT2D eigenvalue weighted by Gasteiger charge is -2.11. The summed E-state index contributed by atoms with van der Waals surface area (Å²) in [6, 6.07) is 5.60. The van der Waals surface area contributed by atoms with Gasteiger partial charge in [0.25, 0.3) is 5.91 Å². The predicted molar refractivity (Wildman–Crippen MR) is 90.0 cm³/mol. The van der Waals surface area contributed by atoms with Crippen LogP contribution in [-0.2, 0) is 0 Å². The topological polar surface area (TPSA) is 120 Å². The molecule has 2 aromatic rings. The summed E-state index contributed by atoms with van der Waals surface area (Å²) in [5.74, 6) is -0.166. The number of hydrogen-bond donors (Lipinski definition) is 2. The lowest BCUT2D eigenvalue weighted by atomic mass is 10.1. The highest BCUT2D eigenvalue weighted by atomic mass is 16.6. The van der Waals surface area contributed by atoms with E-state index in [1.807, 2.05) is 13.8 Å². The minimum absolute atomic E-state index is 0.127. The van der Waals surface area contributed by atoms with E-state index in [4.69, 9.17) is 10.5 Å². The van der Waals surface area contributed by atoms with E-state index >= 15 is 0 Å². The number of nitrogens with zero attached hydrogens (tertiary/aromatic N) is 2. The molecule has 1 heterocycles. The first-order valence-corrected chi connectivity index (χ1v) is 7.30. The number of anilines is 2. The first kappa shape index (κ1) is 17.2. The molecule has 0 aliphatic heterocycles. The van der Waals surface area contributed by atoms with Crippen molar-refractivity contribution in [2.45, 2.75) is 13.8 Å². The highest BCUT2D eigenvalue weighted by Crippen LogP contribution is 2.29. The number of amides is 1. The number of aromatic nitrogens is 1. The number of nitrogens with one attached hydrogen (secondary N) is 1. The molecule has 0 saturated heterocycles. The Morgan fingerprint density at radius 2 is 2.17 bits per heavy atom. The van der Waals surface area contributed by atoms with Crippen molar-refractivity contribution in [3.63, 3.8) is 0 Å². The van der Waals surface area contributed by atoms with Crippen molar-refractivity contribution in [3.8, 4) is 5.75 Å². The van der Waals surface area contributed by atoms with Crippen LogP contribution in [0.2, 0.25) is 0 Å². The van der Waals surface area contributed by atoms with E-state index in [2.05, 4.69) is 10.3 Å². The van der Waals surface area contributed by atoms with Gasteiger partial charge in [0, 0.05) is 17.8 Å². The maximum Gasteiger partial charge on any atom is 0.311 e. The van der Waals surface area contributed by atoms with E-state index in [1.54, 1.807) is 6.07 Å². The Hall–Kier alpha value is -3.16. The molecule has 0 fully saturated rings. The van der Waals surface area contributed by atoms with Gasteiger partial charge in [-0.3, -0.25) is 19.9 Å². The number of pyridine rings is 1. The van der Waals surface area contributed by atoms with Gasteiger partial charge < -0.3 is 15.8 Å². The standard InChI is InChI=1S/C16H18N4O4/c1-10(2)9-24-15-4-3-11(7-14(15)20(22)23)16(21)19-13-8-18-6-5-12(13)17/h3-8,10H,9H2,1-2H3,(H2,17,18)(H,19,21). The van der Waals surface area contributed by atoms with Crippen LogP contribution in [0.4, 0.5) is 17.1 Å². The van der Waals surface area contributed by atoms with Crippen LogP contribution in [0.1, 0.15) is 24.2 Å². The number of benzene rings is 1. The summed E-state index contributed by atoms with van der Waals surface area (Å²) in [6.07, 6.45) is 2.90.